The fourth-order valence-corrected chi connectivity index (χ4v) is 2.27. The van der Waals surface area contributed by atoms with E-state index in [2.05, 4.69) is 21.2 Å². The van der Waals surface area contributed by atoms with Gasteiger partial charge in [0.15, 0.2) is 0 Å². The van der Waals surface area contributed by atoms with Crippen molar-refractivity contribution in [2.75, 3.05) is 5.32 Å². The van der Waals surface area contributed by atoms with Gasteiger partial charge in [0.05, 0.1) is 5.69 Å². The molecule has 0 fully saturated rings. The van der Waals surface area contributed by atoms with Crippen LogP contribution in [0.25, 0.3) is 0 Å². The van der Waals surface area contributed by atoms with Crippen LogP contribution in [0.3, 0.4) is 0 Å². The standard InChI is InChI=1S/C14H11BrClNO2/c1-8-6-11(15)13(7-12(8)16)17-14(19)9-2-4-10(18)5-3-9/h2-7,18H,1H3,(H,17,19). The molecule has 2 rings (SSSR count). The number of benzene rings is 2. The first-order chi connectivity index (χ1) is 8.97. The largest absolute Gasteiger partial charge is 0.508 e. The molecule has 0 heterocycles. The molecule has 0 unspecified atom stereocenters. The molecule has 3 nitrogen and oxygen atoms in total. The lowest BCUT2D eigenvalue weighted by Crippen LogP contribution is -2.12. The lowest BCUT2D eigenvalue weighted by Gasteiger charge is -2.09. The van der Waals surface area contributed by atoms with E-state index in [4.69, 9.17) is 11.6 Å². The lowest BCUT2D eigenvalue weighted by atomic mass is 10.2. The summed E-state index contributed by atoms with van der Waals surface area (Å²) in [6, 6.07) is 9.56. The molecule has 2 aromatic rings. The zero-order chi connectivity index (χ0) is 14.0. The molecule has 0 aliphatic heterocycles. The Morgan fingerprint density at radius 2 is 1.89 bits per heavy atom. The Kier molecular flexibility index (Phi) is 4.12. The number of hydrogen-bond acceptors (Lipinski definition) is 2. The van der Waals surface area contributed by atoms with E-state index in [1.165, 1.54) is 12.1 Å². The molecule has 0 aliphatic carbocycles. The van der Waals surface area contributed by atoms with Gasteiger partial charge in [0.25, 0.3) is 5.91 Å². The molecule has 0 radical (unpaired) electrons. The van der Waals surface area contributed by atoms with Crippen molar-refractivity contribution in [3.05, 3.63) is 57.0 Å². The number of rotatable bonds is 2. The van der Waals surface area contributed by atoms with Gasteiger partial charge in [-0.1, -0.05) is 11.6 Å². The highest BCUT2D eigenvalue weighted by molar-refractivity contribution is 9.10. The van der Waals surface area contributed by atoms with Gasteiger partial charge in [-0.05, 0) is 64.8 Å². The minimum absolute atomic E-state index is 0.121. The number of carbonyl (C=O) groups is 1. The molecule has 0 aromatic heterocycles. The quantitative estimate of drug-likeness (QED) is 0.853. The van der Waals surface area contributed by atoms with Gasteiger partial charge in [0.1, 0.15) is 5.75 Å². The molecule has 5 heteroatoms. The molecule has 1 amide bonds. The predicted molar refractivity (Wildman–Crippen MR) is 79.9 cm³/mol. The second-order valence-corrected chi connectivity index (χ2v) is 5.34. The number of aryl methyl sites for hydroxylation is 1. The Labute approximate surface area is 124 Å². The van der Waals surface area contributed by atoms with Crippen LogP contribution < -0.4 is 5.32 Å². The smallest absolute Gasteiger partial charge is 0.255 e. The Morgan fingerprint density at radius 1 is 1.26 bits per heavy atom. The highest BCUT2D eigenvalue weighted by Gasteiger charge is 2.10. The first kappa shape index (κ1) is 13.9. The minimum Gasteiger partial charge on any atom is -0.508 e. The molecule has 19 heavy (non-hydrogen) atoms. The molecule has 2 N–H and O–H groups in total. The van der Waals surface area contributed by atoms with E-state index in [0.29, 0.717) is 16.3 Å². The Morgan fingerprint density at radius 3 is 2.53 bits per heavy atom. The highest BCUT2D eigenvalue weighted by atomic mass is 79.9. The van der Waals surface area contributed by atoms with Crippen molar-refractivity contribution in [2.45, 2.75) is 6.92 Å². The summed E-state index contributed by atoms with van der Waals surface area (Å²) in [5.74, 6) is -0.142. The maximum atomic E-state index is 12.0. The molecule has 0 saturated heterocycles. The summed E-state index contributed by atoms with van der Waals surface area (Å²) in [6.07, 6.45) is 0. The van der Waals surface area contributed by atoms with Gasteiger partial charge >= 0.3 is 0 Å². The van der Waals surface area contributed by atoms with E-state index in [1.54, 1.807) is 18.2 Å². The lowest BCUT2D eigenvalue weighted by molar-refractivity contribution is 0.102. The zero-order valence-electron chi connectivity index (χ0n) is 10.1. The summed E-state index contributed by atoms with van der Waals surface area (Å²) < 4.78 is 0.765. The third kappa shape index (κ3) is 3.28. The normalized spacial score (nSPS) is 10.3. The van der Waals surface area contributed by atoms with Gasteiger partial charge in [0, 0.05) is 15.1 Å². The van der Waals surface area contributed by atoms with Gasteiger partial charge in [-0.3, -0.25) is 4.79 Å². The van der Waals surface area contributed by atoms with Crippen LogP contribution in [-0.4, -0.2) is 11.0 Å². The van der Waals surface area contributed by atoms with E-state index in [9.17, 15) is 9.90 Å². The van der Waals surface area contributed by atoms with Crippen molar-refractivity contribution in [1.29, 1.82) is 0 Å². The number of amides is 1. The molecular weight excluding hydrogens is 330 g/mol. The molecule has 0 atom stereocenters. The van der Waals surface area contributed by atoms with Crippen molar-refractivity contribution in [2.24, 2.45) is 0 Å². The van der Waals surface area contributed by atoms with E-state index >= 15 is 0 Å². The highest BCUT2D eigenvalue weighted by Crippen LogP contribution is 2.29. The molecular formula is C14H11BrClNO2. The van der Waals surface area contributed by atoms with Crippen molar-refractivity contribution >= 4 is 39.1 Å². The summed E-state index contributed by atoms with van der Waals surface area (Å²) in [7, 11) is 0. The number of phenolic OH excluding ortho intramolecular Hbond substituents is 1. The number of phenols is 1. The summed E-state index contributed by atoms with van der Waals surface area (Å²) >= 11 is 9.41. The van der Waals surface area contributed by atoms with Crippen LogP contribution in [0.2, 0.25) is 5.02 Å². The Balaban J connectivity index is 2.24. The molecule has 2 aromatic carbocycles. The van der Waals surface area contributed by atoms with Crippen molar-refractivity contribution < 1.29 is 9.90 Å². The van der Waals surface area contributed by atoms with Crippen molar-refractivity contribution in [3.8, 4) is 5.75 Å². The van der Waals surface area contributed by atoms with E-state index in [0.717, 1.165) is 10.0 Å². The van der Waals surface area contributed by atoms with Crippen LogP contribution in [0.15, 0.2) is 40.9 Å². The number of hydrogen-bond donors (Lipinski definition) is 2. The summed E-state index contributed by atoms with van der Waals surface area (Å²) in [5.41, 5.74) is 1.99. The minimum atomic E-state index is -0.263. The van der Waals surface area contributed by atoms with Gasteiger partial charge in [0.2, 0.25) is 0 Å². The second-order valence-electron chi connectivity index (χ2n) is 4.08. The van der Waals surface area contributed by atoms with Crippen molar-refractivity contribution in [3.63, 3.8) is 0 Å². The van der Waals surface area contributed by atoms with Crippen LogP contribution in [0.4, 0.5) is 5.69 Å². The molecule has 0 spiro atoms. The van der Waals surface area contributed by atoms with Crippen LogP contribution in [-0.2, 0) is 0 Å². The SMILES string of the molecule is Cc1cc(Br)c(NC(=O)c2ccc(O)cc2)cc1Cl. The van der Waals surface area contributed by atoms with Gasteiger partial charge in [-0.25, -0.2) is 0 Å². The first-order valence-electron chi connectivity index (χ1n) is 5.53. The number of halogens is 2. The van der Waals surface area contributed by atoms with E-state index < -0.39 is 0 Å². The Hall–Kier alpha value is -1.52. The van der Waals surface area contributed by atoms with Crippen LogP contribution in [0.1, 0.15) is 15.9 Å². The number of anilines is 1. The second kappa shape index (κ2) is 5.63. The van der Waals surface area contributed by atoms with E-state index in [-0.39, 0.29) is 11.7 Å². The topological polar surface area (TPSA) is 49.3 Å². The van der Waals surface area contributed by atoms with E-state index in [1.807, 2.05) is 13.0 Å². The molecule has 98 valence electrons. The Bertz CT molecular complexity index is 626. The number of carbonyl (C=O) groups excluding carboxylic acids is 1. The third-order valence-electron chi connectivity index (χ3n) is 2.63. The predicted octanol–water partition coefficient (Wildman–Crippen LogP) is 4.37. The fraction of sp³-hybridized carbons (Fsp3) is 0.0714. The maximum absolute atomic E-state index is 12.0. The third-order valence-corrected chi connectivity index (χ3v) is 3.69. The summed E-state index contributed by atoms with van der Waals surface area (Å²) in [4.78, 5) is 12.0. The van der Waals surface area contributed by atoms with Crippen LogP contribution >= 0.6 is 27.5 Å². The van der Waals surface area contributed by atoms with Gasteiger partial charge in [-0.15, -0.1) is 0 Å². The molecule has 0 saturated carbocycles. The number of aromatic hydroxyl groups is 1. The molecule has 0 aliphatic rings. The average Bonchev–Trinajstić information content (AvgIpc) is 2.36. The zero-order valence-corrected chi connectivity index (χ0v) is 12.4. The molecule has 0 bridgehead atoms. The van der Waals surface area contributed by atoms with Gasteiger partial charge < -0.3 is 10.4 Å². The maximum Gasteiger partial charge on any atom is 0.255 e. The average molecular weight is 341 g/mol. The monoisotopic (exact) mass is 339 g/mol. The van der Waals surface area contributed by atoms with Crippen LogP contribution in [0.5, 0.6) is 5.75 Å². The number of nitrogens with one attached hydrogen (secondary N) is 1. The first-order valence-corrected chi connectivity index (χ1v) is 6.70. The van der Waals surface area contributed by atoms with Crippen molar-refractivity contribution in [1.82, 2.24) is 0 Å². The summed E-state index contributed by atoms with van der Waals surface area (Å²) in [6.45, 7) is 1.89. The summed E-state index contributed by atoms with van der Waals surface area (Å²) in [5, 5.41) is 12.5. The van der Waals surface area contributed by atoms with Crippen LogP contribution in [0, 0.1) is 6.92 Å². The fourth-order valence-electron chi connectivity index (χ4n) is 1.55. The van der Waals surface area contributed by atoms with Gasteiger partial charge in [-0.2, -0.15) is 0 Å².